The molecule has 1 heterocycles. The van der Waals surface area contributed by atoms with Crippen molar-refractivity contribution in [3.05, 3.63) is 59.9 Å². The van der Waals surface area contributed by atoms with Crippen molar-refractivity contribution in [1.29, 1.82) is 0 Å². The first kappa shape index (κ1) is 11.8. The van der Waals surface area contributed by atoms with Crippen molar-refractivity contribution in [3.63, 3.8) is 0 Å². The fourth-order valence-electron chi connectivity index (χ4n) is 2.15. The van der Waals surface area contributed by atoms with E-state index in [0.29, 0.717) is 0 Å². The molecule has 1 aromatic heterocycles. The maximum Gasteiger partial charge on any atom is 0.153 e. The molecule has 0 amide bonds. The molecule has 96 valence electrons. The predicted octanol–water partition coefficient (Wildman–Crippen LogP) is 4.01. The second-order valence-corrected chi connectivity index (χ2v) is 4.67. The summed E-state index contributed by atoms with van der Waals surface area (Å²) in [7, 11) is 0. The van der Waals surface area contributed by atoms with Crippen LogP contribution in [0.3, 0.4) is 0 Å². The van der Waals surface area contributed by atoms with Crippen LogP contribution in [0.5, 0.6) is 5.75 Å². The van der Waals surface area contributed by atoms with Crippen molar-refractivity contribution in [2.75, 3.05) is 0 Å². The molecule has 19 heavy (non-hydrogen) atoms. The lowest BCUT2D eigenvalue weighted by atomic mass is 10.2. The summed E-state index contributed by atoms with van der Waals surface area (Å²) in [6.07, 6.45) is -0.103. The Morgan fingerprint density at radius 2 is 1.84 bits per heavy atom. The summed E-state index contributed by atoms with van der Waals surface area (Å²) >= 11 is 0. The van der Waals surface area contributed by atoms with Gasteiger partial charge in [-0.15, -0.1) is 0 Å². The Balaban J connectivity index is 1.89. The summed E-state index contributed by atoms with van der Waals surface area (Å²) in [6, 6.07) is 15.9. The van der Waals surface area contributed by atoms with E-state index in [4.69, 9.17) is 4.74 Å². The Morgan fingerprint density at radius 3 is 2.58 bits per heavy atom. The van der Waals surface area contributed by atoms with Crippen LogP contribution in [0.4, 0.5) is 0 Å². The number of ether oxygens (including phenoxy) is 1. The van der Waals surface area contributed by atoms with Crippen molar-refractivity contribution >= 4 is 11.0 Å². The van der Waals surface area contributed by atoms with Gasteiger partial charge in [0, 0.05) is 0 Å². The molecule has 0 saturated heterocycles. The van der Waals surface area contributed by atoms with Gasteiger partial charge < -0.3 is 9.72 Å². The molecule has 3 rings (SSSR count). The molecule has 0 fully saturated rings. The Kier molecular flexibility index (Phi) is 2.95. The van der Waals surface area contributed by atoms with Gasteiger partial charge >= 0.3 is 0 Å². The number of rotatable bonds is 3. The number of imidazole rings is 1. The summed E-state index contributed by atoms with van der Waals surface area (Å²) in [5.74, 6) is 1.71. The number of aryl methyl sites for hydroxylation is 1. The van der Waals surface area contributed by atoms with Crippen LogP contribution in [-0.2, 0) is 0 Å². The summed E-state index contributed by atoms with van der Waals surface area (Å²) in [4.78, 5) is 7.95. The van der Waals surface area contributed by atoms with Gasteiger partial charge in [0.15, 0.2) is 6.10 Å². The number of benzene rings is 2. The van der Waals surface area contributed by atoms with Crippen LogP contribution in [0.15, 0.2) is 48.5 Å². The van der Waals surface area contributed by atoms with Gasteiger partial charge in [0.05, 0.1) is 11.0 Å². The van der Waals surface area contributed by atoms with Crippen LogP contribution in [0.25, 0.3) is 11.0 Å². The lowest BCUT2D eigenvalue weighted by molar-refractivity contribution is 0.218. The van der Waals surface area contributed by atoms with Gasteiger partial charge in [-0.1, -0.05) is 30.3 Å². The molecule has 1 unspecified atom stereocenters. The zero-order valence-electron chi connectivity index (χ0n) is 11.1. The molecule has 0 aliphatic carbocycles. The second kappa shape index (κ2) is 4.76. The lowest BCUT2D eigenvalue weighted by Gasteiger charge is -2.11. The molecular weight excluding hydrogens is 236 g/mol. The number of para-hydroxylation sites is 2. The summed E-state index contributed by atoms with van der Waals surface area (Å²) < 4.78 is 5.88. The van der Waals surface area contributed by atoms with Gasteiger partial charge in [-0.3, -0.25) is 0 Å². The first-order valence-corrected chi connectivity index (χ1v) is 6.41. The van der Waals surface area contributed by atoms with E-state index >= 15 is 0 Å². The van der Waals surface area contributed by atoms with Crippen molar-refractivity contribution in [2.45, 2.75) is 20.0 Å². The van der Waals surface area contributed by atoms with Crippen LogP contribution in [-0.4, -0.2) is 9.97 Å². The number of fused-ring (bicyclic) bond motifs is 1. The molecule has 0 bridgehead atoms. The fourth-order valence-corrected chi connectivity index (χ4v) is 2.15. The van der Waals surface area contributed by atoms with Gasteiger partial charge in [0.1, 0.15) is 11.6 Å². The topological polar surface area (TPSA) is 37.9 Å². The van der Waals surface area contributed by atoms with Gasteiger partial charge in [-0.2, -0.15) is 0 Å². The first-order chi connectivity index (χ1) is 9.24. The van der Waals surface area contributed by atoms with E-state index in [1.807, 2.05) is 49.4 Å². The molecule has 3 nitrogen and oxygen atoms in total. The number of H-pyrrole nitrogens is 1. The monoisotopic (exact) mass is 252 g/mol. The van der Waals surface area contributed by atoms with Gasteiger partial charge in [-0.25, -0.2) is 4.98 Å². The highest BCUT2D eigenvalue weighted by atomic mass is 16.5. The Hall–Kier alpha value is -2.29. The smallest absolute Gasteiger partial charge is 0.153 e. The molecule has 3 aromatic rings. The van der Waals surface area contributed by atoms with E-state index in [9.17, 15) is 0 Å². The van der Waals surface area contributed by atoms with Crippen LogP contribution in [0, 0.1) is 6.92 Å². The average Bonchev–Trinajstić information content (AvgIpc) is 2.85. The first-order valence-electron chi connectivity index (χ1n) is 6.41. The van der Waals surface area contributed by atoms with Gasteiger partial charge in [-0.05, 0) is 37.6 Å². The molecule has 1 atom stereocenters. The van der Waals surface area contributed by atoms with Crippen molar-refractivity contribution in [3.8, 4) is 5.75 Å². The highest BCUT2D eigenvalue weighted by molar-refractivity contribution is 5.78. The maximum absolute atomic E-state index is 5.88. The van der Waals surface area contributed by atoms with Crippen molar-refractivity contribution in [2.24, 2.45) is 0 Å². The quantitative estimate of drug-likeness (QED) is 0.764. The minimum atomic E-state index is -0.103. The summed E-state index contributed by atoms with van der Waals surface area (Å²) in [5, 5.41) is 0. The molecule has 0 saturated carbocycles. The van der Waals surface area contributed by atoms with Crippen LogP contribution < -0.4 is 4.74 Å². The molecule has 0 aliphatic heterocycles. The zero-order valence-corrected chi connectivity index (χ0v) is 11.1. The van der Waals surface area contributed by atoms with E-state index in [2.05, 4.69) is 23.0 Å². The Bertz CT molecular complexity index is 688. The largest absolute Gasteiger partial charge is 0.483 e. The van der Waals surface area contributed by atoms with E-state index in [0.717, 1.165) is 22.6 Å². The third kappa shape index (κ3) is 2.32. The minimum absolute atomic E-state index is 0.103. The van der Waals surface area contributed by atoms with Gasteiger partial charge in [0.2, 0.25) is 0 Å². The standard InChI is InChI=1S/C16H16N2O/c1-11-7-6-10-14-15(11)18-16(17-14)12(2)19-13-8-4-3-5-9-13/h3-10,12H,1-2H3,(H,17,18). The SMILES string of the molecule is Cc1cccc2[nH]c(C(C)Oc3ccccc3)nc12. The summed E-state index contributed by atoms with van der Waals surface area (Å²) in [5.41, 5.74) is 3.24. The normalized spacial score (nSPS) is 12.5. The number of hydrogen-bond acceptors (Lipinski definition) is 2. The number of aromatic amines is 1. The number of nitrogens with one attached hydrogen (secondary N) is 1. The van der Waals surface area contributed by atoms with Crippen LogP contribution in [0.1, 0.15) is 24.4 Å². The molecule has 0 aliphatic rings. The maximum atomic E-state index is 5.88. The number of aromatic nitrogens is 2. The molecule has 0 spiro atoms. The molecule has 2 aromatic carbocycles. The van der Waals surface area contributed by atoms with E-state index in [-0.39, 0.29) is 6.10 Å². The summed E-state index contributed by atoms with van der Waals surface area (Å²) in [6.45, 7) is 4.07. The molecular formula is C16H16N2O. The lowest BCUT2D eigenvalue weighted by Crippen LogP contribution is -2.04. The zero-order chi connectivity index (χ0) is 13.2. The Labute approximate surface area is 112 Å². The highest BCUT2D eigenvalue weighted by Crippen LogP contribution is 2.23. The number of nitrogens with zero attached hydrogens (tertiary/aromatic N) is 1. The van der Waals surface area contributed by atoms with Gasteiger partial charge in [0.25, 0.3) is 0 Å². The second-order valence-electron chi connectivity index (χ2n) is 4.67. The van der Waals surface area contributed by atoms with E-state index in [1.165, 1.54) is 5.56 Å². The fraction of sp³-hybridized carbons (Fsp3) is 0.188. The minimum Gasteiger partial charge on any atom is -0.483 e. The van der Waals surface area contributed by atoms with E-state index in [1.54, 1.807) is 0 Å². The van der Waals surface area contributed by atoms with Crippen molar-refractivity contribution < 1.29 is 4.74 Å². The number of hydrogen-bond donors (Lipinski definition) is 1. The predicted molar refractivity (Wildman–Crippen MR) is 76.3 cm³/mol. The third-order valence-corrected chi connectivity index (χ3v) is 3.17. The molecule has 3 heteroatoms. The van der Waals surface area contributed by atoms with E-state index < -0.39 is 0 Å². The highest BCUT2D eigenvalue weighted by Gasteiger charge is 2.13. The third-order valence-electron chi connectivity index (χ3n) is 3.17. The van der Waals surface area contributed by atoms with Crippen LogP contribution in [0.2, 0.25) is 0 Å². The molecule has 1 N–H and O–H groups in total. The molecule has 0 radical (unpaired) electrons. The van der Waals surface area contributed by atoms with Crippen molar-refractivity contribution in [1.82, 2.24) is 9.97 Å². The average molecular weight is 252 g/mol. The van der Waals surface area contributed by atoms with Crippen LogP contribution >= 0.6 is 0 Å². The Morgan fingerprint density at radius 1 is 1.05 bits per heavy atom.